The van der Waals surface area contributed by atoms with Gasteiger partial charge in [-0.3, -0.25) is 9.48 Å². The SMILES string of the molecule is CCC(C)NC(=O)c1c(C(F)(F)F)nn(C2CCN(C(C)C)CC2)c1C. The number of hydrogen-bond donors (Lipinski definition) is 1. The number of halogens is 3. The van der Waals surface area contributed by atoms with E-state index in [1.165, 1.54) is 4.68 Å². The minimum atomic E-state index is -4.66. The second-order valence-corrected chi connectivity index (χ2v) is 7.39. The summed E-state index contributed by atoms with van der Waals surface area (Å²) in [5, 5.41) is 6.48. The smallest absolute Gasteiger partial charge is 0.349 e. The minimum absolute atomic E-state index is 0.115. The summed E-state index contributed by atoms with van der Waals surface area (Å²) >= 11 is 0. The van der Waals surface area contributed by atoms with Crippen LogP contribution in [0.2, 0.25) is 0 Å². The van der Waals surface area contributed by atoms with Crippen molar-refractivity contribution in [1.82, 2.24) is 20.0 Å². The molecule has 1 aliphatic rings. The van der Waals surface area contributed by atoms with Crippen LogP contribution in [-0.2, 0) is 6.18 Å². The molecule has 0 aliphatic carbocycles. The average molecular weight is 374 g/mol. The number of piperidine rings is 1. The number of nitrogens with one attached hydrogen (secondary N) is 1. The van der Waals surface area contributed by atoms with Gasteiger partial charge in [-0.25, -0.2) is 0 Å². The Hall–Kier alpha value is -1.57. The van der Waals surface area contributed by atoms with E-state index in [0.717, 1.165) is 25.9 Å². The van der Waals surface area contributed by atoms with Crippen LogP contribution in [0, 0.1) is 6.92 Å². The highest BCUT2D eigenvalue weighted by Gasteiger charge is 2.42. The van der Waals surface area contributed by atoms with E-state index in [2.05, 4.69) is 29.2 Å². The van der Waals surface area contributed by atoms with Gasteiger partial charge in [0.2, 0.25) is 0 Å². The molecule has 1 saturated heterocycles. The molecule has 1 fully saturated rings. The number of carbonyl (C=O) groups excluding carboxylic acids is 1. The molecule has 5 nitrogen and oxygen atoms in total. The van der Waals surface area contributed by atoms with E-state index < -0.39 is 17.8 Å². The Morgan fingerprint density at radius 3 is 2.31 bits per heavy atom. The van der Waals surface area contributed by atoms with Gasteiger partial charge in [-0.1, -0.05) is 6.92 Å². The molecule has 1 atom stereocenters. The second kappa shape index (κ2) is 7.98. The van der Waals surface area contributed by atoms with Gasteiger partial charge in [-0.05, 0) is 47.0 Å². The minimum Gasteiger partial charge on any atom is -0.349 e. The van der Waals surface area contributed by atoms with Crippen molar-refractivity contribution in [3.05, 3.63) is 17.0 Å². The zero-order chi connectivity index (χ0) is 19.6. The van der Waals surface area contributed by atoms with Crippen LogP contribution in [0.1, 0.15) is 74.7 Å². The first kappa shape index (κ1) is 20.7. The summed E-state index contributed by atoms with van der Waals surface area (Å²) in [6.07, 6.45) is -2.56. The molecule has 1 aliphatic heterocycles. The van der Waals surface area contributed by atoms with Gasteiger partial charge in [0.15, 0.2) is 5.69 Å². The fraction of sp³-hybridized carbons (Fsp3) is 0.778. The highest BCUT2D eigenvalue weighted by Crippen LogP contribution is 2.35. The first-order chi connectivity index (χ1) is 12.1. The molecule has 8 heteroatoms. The highest BCUT2D eigenvalue weighted by atomic mass is 19.4. The van der Waals surface area contributed by atoms with E-state index in [0.29, 0.717) is 18.2 Å². The van der Waals surface area contributed by atoms with Gasteiger partial charge in [-0.2, -0.15) is 18.3 Å². The van der Waals surface area contributed by atoms with E-state index in [-0.39, 0.29) is 17.6 Å². The maximum Gasteiger partial charge on any atom is 0.435 e. The lowest BCUT2D eigenvalue weighted by molar-refractivity contribution is -0.142. The molecular formula is C18H29F3N4O. The van der Waals surface area contributed by atoms with Gasteiger partial charge in [0.1, 0.15) is 0 Å². The van der Waals surface area contributed by atoms with Crippen LogP contribution < -0.4 is 5.32 Å². The third-order valence-electron chi connectivity index (χ3n) is 5.21. The van der Waals surface area contributed by atoms with E-state index in [1.54, 1.807) is 13.8 Å². The number of carbonyl (C=O) groups is 1. The summed E-state index contributed by atoms with van der Waals surface area (Å²) < 4.78 is 41.9. The predicted molar refractivity (Wildman–Crippen MR) is 94.2 cm³/mol. The van der Waals surface area contributed by atoms with E-state index in [1.807, 2.05) is 6.92 Å². The first-order valence-electron chi connectivity index (χ1n) is 9.27. The van der Waals surface area contributed by atoms with E-state index in [4.69, 9.17) is 0 Å². The first-order valence-corrected chi connectivity index (χ1v) is 9.27. The van der Waals surface area contributed by atoms with Crippen molar-refractivity contribution < 1.29 is 18.0 Å². The lowest BCUT2D eigenvalue weighted by Crippen LogP contribution is -2.39. The lowest BCUT2D eigenvalue weighted by atomic mass is 10.0. The van der Waals surface area contributed by atoms with Crippen LogP contribution in [0.15, 0.2) is 0 Å². The number of nitrogens with zero attached hydrogens (tertiary/aromatic N) is 3. The highest BCUT2D eigenvalue weighted by molar-refractivity contribution is 5.96. The number of hydrogen-bond acceptors (Lipinski definition) is 3. The van der Waals surface area contributed by atoms with Crippen LogP contribution in [0.4, 0.5) is 13.2 Å². The quantitative estimate of drug-likeness (QED) is 0.853. The van der Waals surface area contributed by atoms with Crippen molar-refractivity contribution in [3.63, 3.8) is 0 Å². The Labute approximate surface area is 152 Å². The van der Waals surface area contributed by atoms with Crippen molar-refractivity contribution in [2.24, 2.45) is 0 Å². The molecule has 2 heterocycles. The maximum absolute atomic E-state index is 13.5. The molecule has 1 amide bonds. The largest absolute Gasteiger partial charge is 0.435 e. The van der Waals surface area contributed by atoms with Crippen molar-refractivity contribution in [3.8, 4) is 0 Å². The Bertz CT molecular complexity index is 631. The molecule has 0 bridgehead atoms. The van der Waals surface area contributed by atoms with Crippen molar-refractivity contribution in [2.45, 2.75) is 78.2 Å². The summed E-state index contributed by atoms with van der Waals surface area (Å²) in [6, 6.07) is 0.106. The summed E-state index contributed by atoms with van der Waals surface area (Å²) in [4.78, 5) is 14.8. The summed E-state index contributed by atoms with van der Waals surface area (Å²) in [5.74, 6) is -0.699. The number of alkyl halides is 3. The molecule has 1 aromatic heterocycles. The molecular weight excluding hydrogens is 345 g/mol. The third kappa shape index (κ3) is 4.39. The summed E-state index contributed by atoms with van der Waals surface area (Å²) in [5.41, 5.74) is -1.13. The predicted octanol–water partition coefficient (Wildman–Crippen LogP) is 3.78. The topological polar surface area (TPSA) is 50.2 Å². The second-order valence-electron chi connectivity index (χ2n) is 7.39. The molecule has 1 N–H and O–H groups in total. The van der Waals surface area contributed by atoms with Gasteiger partial charge >= 0.3 is 6.18 Å². The van der Waals surface area contributed by atoms with Gasteiger partial charge in [-0.15, -0.1) is 0 Å². The molecule has 1 aromatic rings. The van der Waals surface area contributed by atoms with Gasteiger partial charge in [0.25, 0.3) is 5.91 Å². The summed E-state index contributed by atoms with van der Waals surface area (Å²) in [6.45, 7) is 11.1. The van der Waals surface area contributed by atoms with Crippen LogP contribution in [0.5, 0.6) is 0 Å². The van der Waals surface area contributed by atoms with Crippen LogP contribution >= 0.6 is 0 Å². The molecule has 0 radical (unpaired) electrons. The third-order valence-corrected chi connectivity index (χ3v) is 5.21. The van der Waals surface area contributed by atoms with E-state index >= 15 is 0 Å². The molecule has 0 spiro atoms. The Morgan fingerprint density at radius 1 is 1.27 bits per heavy atom. The molecule has 0 saturated carbocycles. The fourth-order valence-electron chi connectivity index (χ4n) is 3.39. The van der Waals surface area contributed by atoms with Crippen LogP contribution in [0.25, 0.3) is 0 Å². The average Bonchev–Trinajstić information content (AvgIpc) is 2.92. The Kier molecular flexibility index (Phi) is 6.37. The monoisotopic (exact) mass is 374 g/mol. The molecule has 1 unspecified atom stereocenters. The van der Waals surface area contributed by atoms with E-state index in [9.17, 15) is 18.0 Å². The fourth-order valence-corrected chi connectivity index (χ4v) is 3.39. The number of rotatable bonds is 5. The summed E-state index contributed by atoms with van der Waals surface area (Å²) in [7, 11) is 0. The Morgan fingerprint density at radius 2 is 1.85 bits per heavy atom. The van der Waals surface area contributed by atoms with Crippen LogP contribution in [-0.4, -0.2) is 45.8 Å². The number of likely N-dealkylation sites (tertiary alicyclic amines) is 1. The molecule has 0 aromatic carbocycles. The van der Waals surface area contributed by atoms with Crippen molar-refractivity contribution in [2.75, 3.05) is 13.1 Å². The molecule has 148 valence electrons. The zero-order valence-electron chi connectivity index (χ0n) is 16.2. The van der Waals surface area contributed by atoms with Crippen molar-refractivity contribution in [1.29, 1.82) is 0 Å². The van der Waals surface area contributed by atoms with Crippen LogP contribution in [0.3, 0.4) is 0 Å². The maximum atomic E-state index is 13.5. The van der Waals surface area contributed by atoms with Gasteiger partial charge in [0, 0.05) is 30.9 Å². The Balaban J connectivity index is 2.33. The number of amides is 1. The number of aromatic nitrogens is 2. The lowest BCUT2D eigenvalue weighted by Gasteiger charge is -2.35. The normalized spacial score (nSPS) is 18.3. The zero-order valence-corrected chi connectivity index (χ0v) is 16.2. The standard InChI is InChI=1S/C18H29F3N4O/c1-6-12(4)22-17(26)15-13(5)25(23-16(15)18(19,20)21)14-7-9-24(10-8-14)11(2)3/h11-12,14H,6-10H2,1-5H3,(H,22,26). The van der Waals surface area contributed by atoms with Crippen molar-refractivity contribution >= 4 is 5.91 Å². The molecule has 2 rings (SSSR count). The van der Waals surface area contributed by atoms with Gasteiger partial charge in [0.05, 0.1) is 11.6 Å². The molecule has 26 heavy (non-hydrogen) atoms. The van der Waals surface area contributed by atoms with Gasteiger partial charge < -0.3 is 10.2 Å².